The molecule has 1 aliphatic rings. The summed E-state index contributed by atoms with van der Waals surface area (Å²) in [5.74, 6) is -0.844. The maximum atomic E-state index is 13.0. The van der Waals surface area contributed by atoms with Crippen molar-refractivity contribution >= 4 is 39.0 Å². The van der Waals surface area contributed by atoms with Gasteiger partial charge in [0.15, 0.2) is 12.1 Å². The van der Waals surface area contributed by atoms with E-state index in [4.69, 9.17) is 24.8 Å². The smallest absolute Gasteiger partial charge is 0.355 e. The number of hydrogen-bond acceptors (Lipinski definition) is 11. The number of aromatic nitrogens is 4. The molecule has 1 saturated heterocycles. The summed E-state index contributed by atoms with van der Waals surface area (Å²) in [6.45, 7) is 1.86. The normalized spacial score (nSPS) is 14.9. The maximum absolute atomic E-state index is 13.0. The van der Waals surface area contributed by atoms with Crippen LogP contribution in [0.25, 0.3) is 21.9 Å². The average Bonchev–Trinajstić information content (AvgIpc) is 3.47. The Bertz CT molecular complexity index is 1260. The molecule has 2 N–H and O–H groups in total. The molecule has 0 aliphatic carbocycles. The lowest BCUT2D eigenvalue weighted by Crippen LogP contribution is -2.55. The number of fused-ring (bicyclic) bond motifs is 1. The molecule has 0 spiro atoms. The number of rotatable bonds is 8. The highest BCUT2D eigenvalue weighted by atomic mass is 32.1. The number of nitrogens with zero attached hydrogens (tertiary/aromatic N) is 6. The van der Waals surface area contributed by atoms with Crippen LogP contribution in [0.4, 0.5) is 19.0 Å². The molecule has 194 valence electrons. The van der Waals surface area contributed by atoms with E-state index in [0.717, 1.165) is 23.1 Å². The molecular formula is C21H25F3N8O3S. The fourth-order valence-corrected chi connectivity index (χ4v) is 4.91. The predicted octanol–water partition coefficient (Wildman–Crippen LogP) is 3.49. The number of thiophene rings is 1. The number of aryl methyl sites for hydroxylation is 1. The van der Waals surface area contributed by atoms with Gasteiger partial charge in [0.05, 0.1) is 18.4 Å². The molecule has 0 radical (unpaired) electrons. The van der Waals surface area contributed by atoms with E-state index in [0.29, 0.717) is 21.4 Å². The van der Waals surface area contributed by atoms with Gasteiger partial charge in [-0.2, -0.15) is 18.2 Å². The van der Waals surface area contributed by atoms with Crippen molar-refractivity contribution < 1.29 is 27.2 Å². The number of methoxy groups -OCH3 is 2. The highest BCUT2D eigenvalue weighted by Crippen LogP contribution is 2.34. The fourth-order valence-electron chi connectivity index (χ4n) is 3.78. The SMILES string of the molecule is CCCc1cc2c(N3CCN(C(=N)C(F)(F)F)C(=N)C3)nc(-c3nc(CC(OC)OC)no3)nc2s1. The highest BCUT2D eigenvalue weighted by molar-refractivity contribution is 7.18. The molecule has 0 amide bonds. The molecule has 3 aromatic rings. The third kappa shape index (κ3) is 5.32. The van der Waals surface area contributed by atoms with E-state index in [1.165, 1.54) is 25.6 Å². The van der Waals surface area contributed by atoms with Gasteiger partial charge in [-0.1, -0.05) is 18.5 Å². The van der Waals surface area contributed by atoms with Crippen LogP contribution in [0.15, 0.2) is 10.6 Å². The van der Waals surface area contributed by atoms with Crippen LogP contribution in [0.5, 0.6) is 0 Å². The average molecular weight is 527 g/mol. The molecule has 3 aromatic heterocycles. The molecule has 4 heterocycles. The number of halogens is 3. The van der Waals surface area contributed by atoms with Gasteiger partial charge in [0.2, 0.25) is 11.7 Å². The molecule has 0 aromatic carbocycles. The largest absolute Gasteiger partial charge is 0.449 e. The van der Waals surface area contributed by atoms with Crippen molar-refractivity contribution in [1.82, 2.24) is 25.0 Å². The van der Waals surface area contributed by atoms with Crippen molar-refractivity contribution in [3.05, 3.63) is 16.8 Å². The molecule has 1 aliphatic heterocycles. The van der Waals surface area contributed by atoms with Gasteiger partial charge in [0.25, 0.3) is 5.89 Å². The van der Waals surface area contributed by atoms with E-state index in [-0.39, 0.29) is 43.6 Å². The number of anilines is 1. The second-order valence-electron chi connectivity index (χ2n) is 8.04. The predicted molar refractivity (Wildman–Crippen MR) is 127 cm³/mol. The summed E-state index contributed by atoms with van der Waals surface area (Å²) in [6.07, 6.45) is -3.37. The van der Waals surface area contributed by atoms with Crippen LogP contribution in [0.3, 0.4) is 0 Å². The molecule has 15 heteroatoms. The van der Waals surface area contributed by atoms with Crippen LogP contribution in [0.1, 0.15) is 24.0 Å². The third-order valence-corrected chi connectivity index (χ3v) is 6.64. The minimum Gasteiger partial charge on any atom is -0.355 e. The standard InChI is InChI=1S/C21H25F3N8O3S/c1-4-5-11-8-12-17(31-6-7-32(13(25)10-31)20(26)21(22,23)24)28-16(29-19(12)36-11)18-27-14(30-35-18)9-15(33-2)34-3/h8,15,25-26H,4-7,9-10H2,1-3H3. The van der Waals surface area contributed by atoms with Gasteiger partial charge in [-0.05, 0) is 12.5 Å². The zero-order valence-corrected chi connectivity index (χ0v) is 20.7. The van der Waals surface area contributed by atoms with Gasteiger partial charge in [-0.25, -0.2) is 9.97 Å². The van der Waals surface area contributed by atoms with Crippen LogP contribution in [-0.4, -0.2) is 83.0 Å². The Morgan fingerprint density at radius 2 is 1.97 bits per heavy atom. The lowest BCUT2D eigenvalue weighted by molar-refractivity contribution is -0.101. The van der Waals surface area contributed by atoms with Gasteiger partial charge in [0.1, 0.15) is 16.5 Å². The van der Waals surface area contributed by atoms with Crippen molar-refractivity contribution in [2.45, 2.75) is 38.7 Å². The third-order valence-electron chi connectivity index (χ3n) is 5.55. The molecule has 0 unspecified atom stereocenters. The number of hydrogen-bond donors (Lipinski definition) is 2. The van der Waals surface area contributed by atoms with Gasteiger partial charge < -0.3 is 23.8 Å². The van der Waals surface area contributed by atoms with Gasteiger partial charge in [-0.15, -0.1) is 11.3 Å². The Balaban J connectivity index is 1.68. The second-order valence-corrected chi connectivity index (χ2v) is 9.15. The molecule has 36 heavy (non-hydrogen) atoms. The molecule has 1 fully saturated rings. The second kappa shape index (κ2) is 10.4. The molecule has 4 rings (SSSR count). The number of ether oxygens (including phenoxy) is 2. The summed E-state index contributed by atoms with van der Waals surface area (Å²) in [7, 11) is 2.99. The van der Waals surface area contributed by atoms with E-state index in [9.17, 15) is 13.2 Å². The van der Waals surface area contributed by atoms with Crippen LogP contribution in [0, 0.1) is 10.8 Å². The maximum Gasteiger partial charge on any atom is 0.449 e. The Morgan fingerprint density at radius 3 is 2.61 bits per heavy atom. The van der Waals surface area contributed by atoms with E-state index in [2.05, 4.69) is 27.0 Å². The summed E-state index contributed by atoms with van der Waals surface area (Å²) in [4.78, 5) is 17.7. The lowest BCUT2D eigenvalue weighted by atomic mass is 10.2. The highest BCUT2D eigenvalue weighted by Gasteiger charge is 2.41. The first-order valence-electron chi connectivity index (χ1n) is 11.1. The lowest BCUT2D eigenvalue weighted by Gasteiger charge is -2.37. The van der Waals surface area contributed by atoms with Crippen LogP contribution >= 0.6 is 11.3 Å². The Kier molecular flexibility index (Phi) is 7.51. The van der Waals surface area contributed by atoms with Gasteiger partial charge in [-0.3, -0.25) is 10.8 Å². The summed E-state index contributed by atoms with van der Waals surface area (Å²) >= 11 is 1.49. The Morgan fingerprint density at radius 1 is 1.22 bits per heavy atom. The minimum absolute atomic E-state index is 0.0807. The van der Waals surface area contributed by atoms with E-state index >= 15 is 0 Å². The van der Waals surface area contributed by atoms with Crippen molar-refractivity contribution in [1.29, 1.82) is 10.8 Å². The monoisotopic (exact) mass is 526 g/mol. The minimum atomic E-state index is -4.83. The first-order valence-corrected chi connectivity index (χ1v) is 11.9. The first kappa shape index (κ1) is 25.9. The number of piperazine rings is 1. The summed E-state index contributed by atoms with van der Waals surface area (Å²) in [5.41, 5.74) is 0. The zero-order chi connectivity index (χ0) is 26.0. The number of nitrogens with one attached hydrogen (secondary N) is 2. The first-order chi connectivity index (χ1) is 17.1. The summed E-state index contributed by atoms with van der Waals surface area (Å²) in [6, 6.07) is 1.97. The number of amidine groups is 2. The molecule has 0 saturated carbocycles. The van der Waals surface area contributed by atoms with Crippen LogP contribution < -0.4 is 4.90 Å². The quantitative estimate of drug-likeness (QED) is 0.257. The summed E-state index contributed by atoms with van der Waals surface area (Å²) < 4.78 is 54.8. The molecular weight excluding hydrogens is 501 g/mol. The van der Waals surface area contributed by atoms with Crippen molar-refractivity contribution in [2.75, 3.05) is 38.8 Å². The van der Waals surface area contributed by atoms with Gasteiger partial charge >= 0.3 is 6.18 Å². The molecule has 0 atom stereocenters. The van der Waals surface area contributed by atoms with E-state index in [1.807, 2.05) is 6.07 Å². The van der Waals surface area contributed by atoms with Crippen LogP contribution in [-0.2, 0) is 22.3 Å². The molecule has 0 bridgehead atoms. The Hall–Kier alpha value is -3.17. The van der Waals surface area contributed by atoms with Crippen molar-refractivity contribution in [3.8, 4) is 11.7 Å². The zero-order valence-electron chi connectivity index (χ0n) is 19.8. The topological polar surface area (TPSA) is 137 Å². The fraction of sp³-hybridized carbons (Fsp3) is 0.524. The molecule has 11 nitrogen and oxygen atoms in total. The summed E-state index contributed by atoms with van der Waals surface area (Å²) in [5, 5.41) is 20.3. The number of alkyl halides is 3. The van der Waals surface area contributed by atoms with E-state index in [1.54, 1.807) is 4.90 Å². The Labute approximate surface area is 208 Å². The van der Waals surface area contributed by atoms with Crippen molar-refractivity contribution in [2.24, 2.45) is 0 Å². The van der Waals surface area contributed by atoms with Gasteiger partial charge in [0, 0.05) is 32.2 Å². The van der Waals surface area contributed by atoms with E-state index < -0.39 is 18.3 Å². The van der Waals surface area contributed by atoms with Crippen LogP contribution in [0.2, 0.25) is 0 Å². The van der Waals surface area contributed by atoms with Crippen molar-refractivity contribution in [3.63, 3.8) is 0 Å².